The second kappa shape index (κ2) is 13.6. The summed E-state index contributed by atoms with van der Waals surface area (Å²) in [5, 5.41) is 7.32. The zero-order valence-corrected chi connectivity index (χ0v) is 30.9. The summed E-state index contributed by atoms with van der Waals surface area (Å²) >= 11 is 0. The summed E-state index contributed by atoms with van der Waals surface area (Å²) < 4.78 is 2.38. The Labute approximate surface area is 330 Å². The molecule has 0 saturated carbocycles. The molecule has 0 fully saturated rings. The SMILES string of the molecule is c1ccc(-c2nc(-c3cccc(-c4ccc(-n5c6ccccc6c6c7ccccc7ccc65)cc4)c3)nc(-c3ccc(-c4ccccc4)c4ccccc34)n2)cc1. The van der Waals surface area contributed by atoms with Crippen molar-refractivity contribution in [2.45, 2.75) is 0 Å². The molecule has 9 aromatic carbocycles. The van der Waals surface area contributed by atoms with Crippen molar-refractivity contribution in [3.63, 3.8) is 0 Å². The summed E-state index contributed by atoms with van der Waals surface area (Å²) in [6, 6.07) is 72.8. The molecule has 2 aromatic heterocycles. The Hall–Kier alpha value is -7.69. The molecule has 266 valence electrons. The maximum Gasteiger partial charge on any atom is 0.164 e. The fraction of sp³-hybridized carbons (Fsp3) is 0. The van der Waals surface area contributed by atoms with Gasteiger partial charge in [-0.25, -0.2) is 15.0 Å². The predicted octanol–water partition coefficient (Wildman–Crippen LogP) is 13.6. The van der Waals surface area contributed by atoms with E-state index < -0.39 is 0 Å². The number of aromatic nitrogens is 4. The Kier molecular flexibility index (Phi) is 7.78. The first-order chi connectivity index (χ1) is 28.3. The molecule has 0 aliphatic heterocycles. The van der Waals surface area contributed by atoms with Gasteiger partial charge in [0.2, 0.25) is 0 Å². The first-order valence-corrected chi connectivity index (χ1v) is 19.3. The standard InChI is InChI=1S/C53H34N4/c1-3-14-36(15-4-1)42-31-32-46(45-23-10-9-22-44(42)45)53-55-51(38-17-5-2-6-18-38)54-52(56-53)40-20-13-19-39(34-40)35-26-29-41(30-27-35)57-48-25-12-11-24-47(48)50-43-21-8-7-16-37(43)28-33-49(50)57/h1-34H. The quantitative estimate of drug-likeness (QED) is 0.171. The van der Waals surface area contributed by atoms with Crippen molar-refractivity contribution in [2.75, 3.05) is 0 Å². The largest absolute Gasteiger partial charge is 0.309 e. The van der Waals surface area contributed by atoms with Crippen molar-refractivity contribution in [3.05, 3.63) is 206 Å². The molecule has 0 bridgehead atoms. The highest BCUT2D eigenvalue weighted by Gasteiger charge is 2.18. The van der Waals surface area contributed by atoms with Gasteiger partial charge in [0, 0.05) is 33.2 Å². The van der Waals surface area contributed by atoms with Gasteiger partial charge in [-0.3, -0.25) is 0 Å². The molecule has 0 atom stereocenters. The van der Waals surface area contributed by atoms with Crippen LogP contribution in [0.4, 0.5) is 0 Å². The number of hydrogen-bond donors (Lipinski definition) is 0. The lowest BCUT2D eigenvalue weighted by molar-refractivity contribution is 1.08. The molecule has 57 heavy (non-hydrogen) atoms. The summed E-state index contributed by atoms with van der Waals surface area (Å²) in [5.74, 6) is 1.91. The smallest absolute Gasteiger partial charge is 0.164 e. The van der Waals surface area contributed by atoms with E-state index in [0.717, 1.165) is 44.3 Å². The van der Waals surface area contributed by atoms with Crippen molar-refractivity contribution in [3.8, 4) is 62.1 Å². The van der Waals surface area contributed by atoms with Crippen LogP contribution in [0.25, 0.3) is 105 Å². The average Bonchev–Trinajstić information content (AvgIpc) is 3.64. The third-order valence-corrected chi connectivity index (χ3v) is 11.1. The van der Waals surface area contributed by atoms with E-state index in [0.29, 0.717) is 17.5 Å². The fourth-order valence-electron chi connectivity index (χ4n) is 8.36. The molecule has 0 aliphatic carbocycles. The molecule has 11 aromatic rings. The minimum atomic E-state index is 0.631. The maximum absolute atomic E-state index is 5.19. The summed E-state index contributed by atoms with van der Waals surface area (Å²) in [6.07, 6.45) is 0. The number of benzene rings is 9. The molecule has 11 rings (SSSR count). The molecule has 4 nitrogen and oxygen atoms in total. The van der Waals surface area contributed by atoms with Crippen molar-refractivity contribution < 1.29 is 0 Å². The van der Waals surface area contributed by atoms with Crippen LogP contribution < -0.4 is 0 Å². The van der Waals surface area contributed by atoms with Crippen molar-refractivity contribution >= 4 is 43.4 Å². The fourth-order valence-corrected chi connectivity index (χ4v) is 8.36. The summed E-state index contributed by atoms with van der Waals surface area (Å²) in [4.78, 5) is 15.4. The van der Waals surface area contributed by atoms with E-state index in [1.165, 1.54) is 43.7 Å². The van der Waals surface area contributed by atoms with Gasteiger partial charge in [-0.2, -0.15) is 0 Å². The third kappa shape index (κ3) is 5.66. The first-order valence-electron chi connectivity index (χ1n) is 19.3. The molecule has 0 N–H and O–H groups in total. The van der Waals surface area contributed by atoms with Crippen LogP contribution >= 0.6 is 0 Å². The summed E-state index contributed by atoms with van der Waals surface area (Å²) in [6.45, 7) is 0. The molecule has 4 heteroatoms. The Bertz CT molecular complexity index is 3280. The van der Waals surface area contributed by atoms with E-state index in [-0.39, 0.29) is 0 Å². The number of para-hydroxylation sites is 1. The topological polar surface area (TPSA) is 43.6 Å². The lowest BCUT2D eigenvalue weighted by atomic mass is 9.94. The second-order valence-corrected chi connectivity index (χ2v) is 14.4. The van der Waals surface area contributed by atoms with E-state index >= 15 is 0 Å². The maximum atomic E-state index is 5.19. The minimum absolute atomic E-state index is 0.631. The van der Waals surface area contributed by atoms with Crippen LogP contribution in [0.1, 0.15) is 0 Å². The monoisotopic (exact) mass is 726 g/mol. The van der Waals surface area contributed by atoms with Crippen LogP contribution in [0.5, 0.6) is 0 Å². The van der Waals surface area contributed by atoms with E-state index in [4.69, 9.17) is 15.0 Å². The minimum Gasteiger partial charge on any atom is -0.309 e. The van der Waals surface area contributed by atoms with Gasteiger partial charge < -0.3 is 4.57 Å². The number of fused-ring (bicyclic) bond motifs is 6. The van der Waals surface area contributed by atoms with Gasteiger partial charge in [-0.1, -0.05) is 170 Å². The second-order valence-electron chi connectivity index (χ2n) is 14.4. The zero-order chi connectivity index (χ0) is 37.7. The highest BCUT2D eigenvalue weighted by atomic mass is 15.0. The van der Waals surface area contributed by atoms with Crippen molar-refractivity contribution in [1.82, 2.24) is 19.5 Å². The number of hydrogen-bond acceptors (Lipinski definition) is 3. The number of nitrogens with zero attached hydrogens (tertiary/aromatic N) is 4. The van der Waals surface area contributed by atoms with Crippen LogP contribution in [0.15, 0.2) is 206 Å². The molecular weight excluding hydrogens is 693 g/mol. The van der Waals surface area contributed by atoms with Crippen LogP contribution in [0.2, 0.25) is 0 Å². The zero-order valence-electron chi connectivity index (χ0n) is 30.9. The average molecular weight is 727 g/mol. The van der Waals surface area contributed by atoms with E-state index in [2.05, 4.69) is 193 Å². The van der Waals surface area contributed by atoms with Gasteiger partial charge in [0.05, 0.1) is 11.0 Å². The Morgan fingerprint density at radius 2 is 0.860 bits per heavy atom. The van der Waals surface area contributed by atoms with Crippen LogP contribution in [-0.2, 0) is 0 Å². The number of rotatable bonds is 6. The molecule has 2 heterocycles. The van der Waals surface area contributed by atoms with Crippen molar-refractivity contribution in [2.24, 2.45) is 0 Å². The summed E-state index contributed by atoms with van der Waals surface area (Å²) in [7, 11) is 0. The molecule has 0 amide bonds. The molecule has 0 unspecified atom stereocenters. The molecular formula is C53H34N4. The van der Waals surface area contributed by atoms with Gasteiger partial charge in [0.1, 0.15) is 0 Å². The van der Waals surface area contributed by atoms with Crippen LogP contribution in [-0.4, -0.2) is 19.5 Å². The van der Waals surface area contributed by atoms with E-state index in [9.17, 15) is 0 Å². The Balaban J connectivity index is 1.01. The molecule has 0 aliphatic rings. The van der Waals surface area contributed by atoms with Crippen molar-refractivity contribution in [1.29, 1.82) is 0 Å². The van der Waals surface area contributed by atoms with E-state index in [1.807, 2.05) is 18.2 Å². The molecule has 0 saturated heterocycles. The summed E-state index contributed by atoms with van der Waals surface area (Å²) in [5.41, 5.74) is 10.9. The Morgan fingerprint density at radius 1 is 0.298 bits per heavy atom. The van der Waals surface area contributed by atoms with Gasteiger partial charge >= 0.3 is 0 Å². The van der Waals surface area contributed by atoms with Gasteiger partial charge in [-0.15, -0.1) is 0 Å². The lowest BCUT2D eigenvalue weighted by Crippen LogP contribution is -2.01. The highest BCUT2D eigenvalue weighted by Crippen LogP contribution is 2.38. The third-order valence-electron chi connectivity index (χ3n) is 11.1. The van der Waals surface area contributed by atoms with Gasteiger partial charge in [0.15, 0.2) is 17.5 Å². The first kappa shape index (κ1) is 32.7. The predicted molar refractivity (Wildman–Crippen MR) is 236 cm³/mol. The molecule has 0 spiro atoms. The van der Waals surface area contributed by atoms with Gasteiger partial charge in [0.25, 0.3) is 0 Å². The lowest BCUT2D eigenvalue weighted by Gasteiger charge is -2.13. The van der Waals surface area contributed by atoms with Gasteiger partial charge in [-0.05, 0) is 80.2 Å². The Morgan fingerprint density at radius 3 is 1.63 bits per heavy atom. The molecule has 0 radical (unpaired) electrons. The normalized spacial score (nSPS) is 11.5. The highest BCUT2D eigenvalue weighted by molar-refractivity contribution is 6.21. The van der Waals surface area contributed by atoms with Crippen LogP contribution in [0, 0.1) is 0 Å². The van der Waals surface area contributed by atoms with E-state index in [1.54, 1.807) is 0 Å². The van der Waals surface area contributed by atoms with Crippen LogP contribution in [0.3, 0.4) is 0 Å².